The lowest BCUT2D eigenvalue weighted by molar-refractivity contribution is 0.170. The Hall–Kier alpha value is -1.29. The van der Waals surface area contributed by atoms with Gasteiger partial charge in [0, 0.05) is 30.9 Å². The molecule has 0 radical (unpaired) electrons. The lowest BCUT2D eigenvalue weighted by atomic mass is 10.00. The van der Waals surface area contributed by atoms with Gasteiger partial charge in [-0.15, -0.1) is 0 Å². The van der Waals surface area contributed by atoms with E-state index in [-0.39, 0.29) is 11.2 Å². The third kappa shape index (κ3) is 2.62. The van der Waals surface area contributed by atoms with Crippen molar-refractivity contribution in [1.82, 2.24) is 9.47 Å². The zero-order valence-corrected chi connectivity index (χ0v) is 12.4. The topological polar surface area (TPSA) is 45.5 Å². The van der Waals surface area contributed by atoms with Crippen LogP contribution in [0.25, 0.3) is 0 Å². The molecule has 1 aromatic heterocycles. The second-order valence-corrected chi connectivity index (χ2v) is 6.53. The Kier molecular flexibility index (Phi) is 3.59. The maximum Gasteiger partial charge on any atom is 0.223 e. The first kappa shape index (κ1) is 13.7. The molecule has 1 saturated carbocycles. The van der Waals surface area contributed by atoms with Crippen LogP contribution in [-0.4, -0.2) is 27.7 Å². The molecule has 0 spiro atoms. The molecule has 1 saturated heterocycles. The van der Waals surface area contributed by atoms with Crippen LogP contribution >= 0.6 is 0 Å². The molecule has 20 heavy (non-hydrogen) atoms. The number of aromatic hydroxyl groups is 1. The quantitative estimate of drug-likeness (QED) is 0.922. The van der Waals surface area contributed by atoms with Crippen molar-refractivity contribution in [2.45, 2.75) is 52.1 Å². The number of pyridine rings is 1. The van der Waals surface area contributed by atoms with Crippen LogP contribution in [0.3, 0.4) is 0 Å². The molecular formula is C16H24N2O2. The first-order valence-corrected chi connectivity index (χ1v) is 7.72. The van der Waals surface area contributed by atoms with Crippen LogP contribution in [-0.2, 0) is 6.54 Å². The van der Waals surface area contributed by atoms with Crippen LogP contribution in [0.5, 0.6) is 5.75 Å². The van der Waals surface area contributed by atoms with E-state index < -0.39 is 0 Å². The Labute approximate surface area is 120 Å². The van der Waals surface area contributed by atoms with Gasteiger partial charge in [0.1, 0.15) is 0 Å². The molecule has 1 aliphatic heterocycles. The van der Waals surface area contributed by atoms with Gasteiger partial charge < -0.3 is 9.67 Å². The van der Waals surface area contributed by atoms with Crippen molar-refractivity contribution in [2.24, 2.45) is 5.92 Å². The van der Waals surface area contributed by atoms with Crippen molar-refractivity contribution in [3.8, 4) is 5.75 Å². The summed E-state index contributed by atoms with van der Waals surface area (Å²) in [6.07, 6.45) is 4.81. The number of hydrogen-bond donors (Lipinski definition) is 1. The van der Waals surface area contributed by atoms with Crippen LogP contribution in [0, 0.1) is 12.8 Å². The molecule has 1 aromatic rings. The molecule has 0 bridgehead atoms. The van der Waals surface area contributed by atoms with Gasteiger partial charge in [-0.25, -0.2) is 0 Å². The molecule has 1 unspecified atom stereocenters. The van der Waals surface area contributed by atoms with Crippen molar-refractivity contribution in [3.63, 3.8) is 0 Å². The average molecular weight is 276 g/mol. The zero-order chi connectivity index (χ0) is 14.3. The minimum Gasteiger partial charge on any atom is -0.503 e. The van der Waals surface area contributed by atoms with Crippen LogP contribution in [0.1, 0.15) is 50.0 Å². The molecule has 1 atom stereocenters. The van der Waals surface area contributed by atoms with Gasteiger partial charge in [0.25, 0.3) is 0 Å². The van der Waals surface area contributed by atoms with Crippen LogP contribution < -0.4 is 5.43 Å². The van der Waals surface area contributed by atoms with Gasteiger partial charge in [-0.3, -0.25) is 9.69 Å². The van der Waals surface area contributed by atoms with Gasteiger partial charge in [-0.1, -0.05) is 6.92 Å². The van der Waals surface area contributed by atoms with Crippen molar-refractivity contribution < 1.29 is 5.11 Å². The Morgan fingerprint density at radius 3 is 2.75 bits per heavy atom. The molecule has 4 heteroatoms. The Bertz CT molecular complexity index is 560. The summed E-state index contributed by atoms with van der Waals surface area (Å²) in [6, 6.07) is 2.05. The first-order chi connectivity index (χ1) is 9.56. The highest BCUT2D eigenvalue weighted by Gasteiger charge is 2.29. The predicted molar refractivity (Wildman–Crippen MR) is 79.0 cm³/mol. The van der Waals surface area contributed by atoms with E-state index in [4.69, 9.17) is 0 Å². The van der Waals surface area contributed by atoms with Gasteiger partial charge in [0.15, 0.2) is 5.75 Å². The summed E-state index contributed by atoms with van der Waals surface area (Å²) in [7, 11) is 0. The predicted octanol–water partition coefficient (Wildman–Crippen LogP) is 2.43. The minimum absolute atomic E-state index is 0.0410. The monoisotopic (exact) mass is 276 g/mol. The fraction of sp³-hybridized carbons (Fsp3) is 0.688. The van der Waals surface area contributed by atoms with E-state index in [2.05, 4.69) is 16.4 Å². The smallest absolute Gasteiger partial charge is 0.223 e. The van der Waals surface area contributed by atoms with Crippen molar-refractivity contribution in [2.75, 3.05) is 13.1 Å². The fourth-order valence-electron chi connectivity index (χ4n) is 3.43. The molecule has 2 heterocycles. The number of rotatable bonds is 3. The normalized spacial score (nSPS) is 24.0. The molecule has 2 aliphatic rings. The van der Waals surface area contributed by atoms with Crippen LogP contribution in [0.4, 0.5) is 0 Å². The summed E-state index contributed by atoms with van der Waals surface area (Å²) in [6.45, 7) is 7.07. The van der Waals surface area contributed by atoms with Gasteiger partial charge in [0.05, 0.1) is 5.69 Å². The minimum atomic E-state index is -0.237. The highest BCUT2D eigenvalue weighted by Crippen LogP contribution is 2.38. The maximum atomic E-state index is 11.9. The number of aryl methyl sites for hydroxylation is 1. The second-order valence-electron chi connectivity index (χ2n) is 6.53. The van der Waals surface area contributed by atoms with Crippen molar-refractivity contribution in [1.29, 1.82) is 0 Å². The number of hydrogen-bond acceptors (Lipinski definition) is 3. The Morgan fingerprint density at radius 1 is 1.35 bits per heavy atom. The van der Waals surface area contributed by atoms with E-state index in [1.165, 1.54) is 12.8 Å². The average Bonchev–Trinajstić information content (AvgIpc) is 3.20. The third-order valence-electron chi connectivity index (χ3n) is 4.54. The van der Waals surface area contributed by atoms with Crippen molar-refractivity contribution in [3.05, 3.63) is 27.7 Å². The number of piperidine rings is 1. The molecule has 3 rings (SSSR count). The lowest BCUT2D eigenvalue weighted by Crippen LogP contribution is -2.35. The molecule has 1 N–H and O–H groups in total. The highest BCUT2D eigenvalue weighted by atomic mass is 16.3. The second kappa shape index (κ2) is 5.24. The molecular weight excluding hydrogens is 252 g/mol. The molecule has 2 fully saturated rings. The van der Waals surface area contributed by atoms with E-state index in [0.29, 0.717) is 18.5 Å². The van der Waals surface area contributed by atoms with Gasteiger partial charge in [-0.2, -0.15) is 0 Å². The van der Waals surface area contributed by atoms with E-state index in [1.54, 1.807) is 6.07 Å². The molecule has 4 nitrogen and oxygen atoms in total. The summed E-state index contributed by atoms with van der Waals surface area (Å²) in [5.74, 6) is 0.664. The third-order valence-corrected chi connectivity index (χ3v) is 4.54. The standard InChI is InChI=1S/C16H24N2O2/c1-11-4-3-7-17(9-11)10-14-16(20)15(19)8-12(2)18(14)13-5-6-13/h8,11,13,20H,3-7,9-10H2,1-2H3. The summed E-state index contributed by atoms with van der Waals surface area (Å²) in [5, 5.41) is 10.2. The Morgan fingerprint density at radius 2 is 2.10 bits per heavy atom. The summed E-state index contributed by atoms with van der Waals surface area (Å²) in [4.78, 5) is 14.3. The van der Waals surface area contributed by atoms with E-state index in [1.807, 2.05) is 6.92 Å². The highest BCUT2D eigenvalue weighted by molar-refractivity contribution is 5.31. The molecule has 0 aromatic carbocycles. The van der Waals surface area contributed by atoms with Gasteiger partial charge >= 0.3 is 0 Å². The summed E-state index contributed by atoms with van der Waals surface area (Å²) < 4.78 is 2.19. The summed E-state index contributed by atoms with van der Waals surface area (Å²) >= 11 is 0. The Balaban J connectivity index is 1.92. The number of likely N-dealkylation sites (tertiary alicyclic amines) is 1. The van der Waals surface area contributed by atoms with E-state index in [0.717, 1.165) is 37.3 Å². The van der Waals surface area contributed by atoms with Gasteiger partial charge in [-0.05, 0) is 45.1 Å². The van der Waals surface area contributed by atoms with E-state index >= 15 is 0 Å². The SMILES string of the molecule is Cc1cc(=O)c(O)c(CN2CCCC(C)C2)n1C1CC1. The molecule has 1 aliphatic carbocycles. The van der Waals surface area contributed by atoms with Crippen molar-refractivity contribution >= 4 is 0 Å². The fourth-order valence-corrected chi connectivity index (χ4v) is 3.43. The van der Waals surface area contributed by atoms with Crippen LogP contribution in [0.15, 0.2) is 10.9 Å². The summed E-state index contributed by atoms with van der Waals surface area (Å²) in [5.41, 5.74) is 1.57. The van der Waals surface area contributed by atoms with Gasteiger partial charge in [0.2, 0.25) is 5.43 Å². The lowest BCUT2D eigenvalue weighted by Gasteiger charge is -2.32. The number of nitrogens with zero attached hydrogens (tertiary/aromatic N) is 2. The molecule has 110 valence electrons. The van der Waals surface area contributed by atoms with Crippen LogP contribution in [0.2, 0.25) is 0 Å². The van der Waals surface area contributed by atoms with E-state index in [9.17, 15) is 9.90 Å². The largest absolute Gasteiger partial charge is 0.503 e. The number of aromatic nitrogens is 1. The molecule has 0 amide bonds. The zero-order valence-electron chi connectivity index (χ0n) is 12.4. The maximum absolute atomic E-state index is 11.9. The first-order valence-electron chi connectivity index (χ1n) is 7.72.